The molecule has 8 nitrogen and oxygen atoms in total. The highest BCUT2D eigenvalue weighted by molar-refractivity contribution is 6.00. The topological polar surface area (TPSA) is 98.9 Å². The van der Waals surface area contributed by atoms with Crippen molar-refractivity contribution in [2.24, 2.45) is 5.92 Å². The van der Waals surface area contributed by atoms with Crippen molar-refractivity contribution in [2.45, 2.75) is 32.7 Å². The highest BCUT2D eigenvalue weighted by Gasteiger charge is 2.35. The first kappa shape index (κ1) is 21.2. The van der Waals surface area contributed by atoms with Gasteiger partial charge in [0.1, 0.15) is 25.5 Å². The molecule has 8 heteroatoms. The lowest BCUT2D eigenvalue weighted by molar-refractivity contribution is 0.0387. The number of ether oxygens (including phenoxy) is 4. The molecule has 1 saturated carbocycles. The number of carbonyl (C=O) groups is 2. The Morgan fingerprint density at radius 2 is 1.90 bits per heavy atom. The summed E-state index contributed by atoms with van der Waals surface area (Å²) in [4.78, 5) is 28.6. The number of esters is 1. The SMILES string of the molecule is COCCOC(=O)c1c(C)[nH]c(C(=O)NC(c2ccc3c(c2)OCCO3)C2CC2)c1C. The fourth-order valence-electron chi connectivity index (χ4n) is 3.94. The number of methoxy groups -OCH3 is 1. The van der Waals surface area contributed by atoms with E-state index in [4.69, 9.17) is 18.9 Å². The van der Waals surface area contributed by atoms with Gasteiger partial charge in [-0.15, -0.1) is 0 Å². The molecule has 31 heavy (non-hydrogen) atoms. The van der Waals surface area contributed by atoms with Crippen LogP contribution in [0.1, 0.15) is 56.6 Å². The molecule has 2 aromatic rings. The Labute approximate surface area is 181 Å². The lowest BCUT2D eigenvalue weighted by atomic mass is 10.0. The minimum Gasteiger partial charge on any atom is -0.486 e. The van der Waals surface area contributed by atoms with Crippen molar-refractivity contribution in [3.8, 4) is 11.5 Å². The zero-order valence-electron chi connectivity index (χ0n) is 18.1. The van der Waals surface area contributed by atoms with Crippen LogP contribution in [0.25, 0.3) is 0 Å². The van der Waals surface area contributed by atoms with Crippen LogP contribution in [-0.2, 0) is 9.47 Å². The number of fused-ring (bicyclic) bond motifs is 1. The predicted molar refractivity (Wildman–Crippen MR) is 113 cm³/mol. The van der Waals surface area contributed by atoms with Crippen LogP contribution >= 0.6 is 0 Å². The molecule has 0 radical (unpaired) electrons. The second kappa shape index (κ2) is 9.01. The molecule has 4 rings (SSSR count). The Morgan fingerprint density at radius 3 is 2.61 bits per heavy atom. The summed E-state index contributed by atoms with van der Waals surface area (Å²) < 4.78 is 21.5. The van der Waals surface area contributed by atoms with E-state index in [-0.39, 0.29) is 18.6 Å². The van der Waals surface area contributed by atoms with Crippen LogP contribution in [0.3, 0.4) is 0 Å². The number of hydrogen-bond donors (Lipinski definition) is 2. The minimum atomic E-state index is -0.465. The van der Waals surface area contributed by atoms with Crippen molar-refractivity contribution in [1.82, 2.24) is 10.3 Å². The van der Waals surface area contributed by atoms with Gasteiger partial charge in [0.2, 0.25) is 0 Å². The average molecular weight is 428 g/mol. The molecule has 166 valence electrons. The van der Waals surface area contributed by atoms with Crippen molar-refractivity contribution in [3.63, 3.8) is 0 Å². The van der Waals surface area contributed by atoms with E-state index >= 15 is 0 Å². The molecule has 1 aliphatic heterocycles. The average Bonchev–Trinajstić information content (AvgIpc) is 3.56. The summed E-state index contributed by atoms with van der Waals surface area (Å²) in [5.41, 5.74) is 2.93. The first-order valence-corrected chi connectivity index (χ1v) is 10.5. The van der Waals surface area contributed by atoms with E-state index < -0.39 is 5.97 Å². The van der Waals surface area contributed by atoms with Crippen LogP contribution in [0.5, 0.6) is 11.5 Å². The molecule has 0 bridgehead atoms. The summed E-state index contributed by atoms with van der Waals surface area (Å²) in [6.45, 7) is 5.05. The van der Waals surface area contributed by atoms with Gasteiger partial charge in [-0.25, -0.2) is 4.79 Å². The van der Waals surface area contributed by atoms with Gasteiger partial charge in [0, 0.05) is 12.8 Å². The third kappa shape index (κ3) is 4.54. The monoisotopic (exact) mass is 428 g/mol. The Hall–Kier alpha value is -3.00. The molecule has 1 aromatic carbocycles. The van der Waals surface area contributed by atoms with Crippen molar-refractivity contribution in [2.75, 3.05) is 33.5 Å². The van der Waals surface area contributed by atoms with E-state index in [0.717, 1.165) is 24.2 Å². The first-order chi connectivity index (χ1) is 15.0. The van der Waals surface area contributed by atoms with E-state index in [1.54, 1.807) is 21.0 Å². The van der Waals surface area contributed by atoms with Crippen LogP contribution < -0.4 is 14.8 Å². The summed E-state index contributed by atoms with van der Waals surface area (Å²) in [7, 11) is 1.54. The molecule has 2 aliphatic rings. The standard InChI is InChI=1S/C23H28N2O6/c1-13-19(23(27)31-9-8-28-3)14(2)24-20(13)22(26)25-21(15-4-5-15)16-6-7-17-18(12-16)30-11-10-29-17/h6-7,12,15,21,24H,4-5,8-11H2,1-3H3,(H,25,26). The molecule has 1 atom stereocenters. The van der Waals surface area contributed by atoms with Gasteiger partial charge < -0.3 is 29.2 Å². The lowest BCUT2D eigenvalue weighted by Gasteiger charge is -2.23. The van der Waals surface area contributed by atoms with Gasteiger partial charge in [-0.05, 0) is 55.9 Å². The molecule has 1 amide bonds. The number of carbonyl (C=O) groups excluding carboxylic acids is 2. The molecule has 0 saturated heterocycles. The van der Waals surface area contributed by atoms with Gasteiger partial charge in [-0.1, -0.05) is 6.07 Å². The molecule has 1 fully saturated rings. The van der Waals surface area contributed by atoms with Crippen LogP contribution in [0.2, 0.25) is 0 Å². The van der Waals surface area contributed by atoms with E-state index in [1.807, 2.05) is 18.2 Å². The maximum atomic E-state index is 13.1. The number of hydrogen-bond acceptors (Lipinski definition) is 6. The predicted octanol–water partition coefficient (Wildman–Crippen LogP) is 3.09. The molecule has 1 aliphatic carbocycles. The Balaban J connectivity index is 1.52. The maximum Gasteiger partial charge on any atom is 0.340 e. The van der Waals surface area contributed by atoms with Crippen molar-refractivity contribution in [3.05, 3.63) is 46.3 Å². The van der Waals surface area contributed by atoms with E-state index in [0.29, 0.717) is 54.0 Å². The molecule has 0 spiro atoms. The van der Waals surface area contributed by atoms with Crippen molar-refractivity contribution in [1.29, 1.82) is 0 Å². The Bertz CT molecular complexity index is 979. The van der Waals surface area contributed by atoms with Gasteiger partial charge in [-0.2, -0.15) is 0 Å². The minimum absolute atomic E-state index is 0.136. The van der Waals surface area contributed by atoms with Crippen LogP contribution in [0.15, 0.2) is 18.2 Å². The number of rotatable bonds is 8. The third-order valence-electron chi connectivity index (χ3n) is 5.69. The van der Waals surface area contributed by atoms with Crippen LogP contribution in [-0.4, -0.2) is 50.4 Å². The summed E-state index contributed by atoms with van der Waals surface area (Å²) in [6.07, 6.45) is 2.11. The molecule has 2 heterocycles. The molecular weight excluding hydrogens is 400 g/mol. The summed E-state index contributed by atoms with van der Waals surface area (Å²) >= 11 is 0. The molecular formula is C23H28N2O6. The fraction of sp³-hybridized carbons (Fsp3) is 0.478. The number of aromatic nitrogens is 1. The largest absolute Gasteiger partial charge is 0.486 e. The number of benzene rings is 1. The number of nitrogens with one attached hydrogen (secondary N) is 2. The van der Waals surface area contributed by atoms with Gasteiger partial charge in [0.05, 0.1) is 18.2 Å². The maximum absolute atomic E-state index is 13.1. The summed E-state index contributed by atoms with van der Waals surface area (Å²) in [5.74, 6) is 1.09. The van der Waals surface area contributed by atoms with Gasteiger partial charge >= 0.3 is 5.97 Å². The third-order valence-corrected chi connectivity index (χ3v) is 5.69. The smallest absolute Gasteiger partial charge is 0.340 e. The number of aryl methyl sites for hydroxylation is 1. The number of H-pyrrole nitrogens is 1. The highest BCUT2D eigenvalue weighted by Crippen LogP contribution is 2.43. The Morgan fingerprint density at radius 1 is 1.16 bits per heavy atom. The Kier molecular flexibility index (Phi) is 6.18. The first-order valence-electron chi connectivity index (χ1n) is 10.5. The molecule has 1 unspecified atom stereocenters. The summed E-state index contributed by atoms with van der Waals surface area (Å²) in [5, 5.41) is 3.15. The molecule has 1 aromatic heterocycles. The van der Waals surface area contributed by atoms with Crippen LogP contribution in [0.4, 0.5) is 0 Å². The van der Waals surface area contributed by atoms with Gasteiger partial charge in [0.25, 0.3) is 5.91 Å². The van der Waals surface area contributed by atoms with Crippen LogP contribution in [0, 0.1) is 19.8 Å². The zero-order chi connectivity index (χ0) is 22.0. The number of amides is 1. The highest BCUT2D eigenvalue weighted by atomic mass is 16.6. The quantitative estimate of drug-likeness (QED) is 0.495. The normalized spacial score (nSPS) is 16.0. The number of aromatic amines is 1. The van der Waals surface area contributed by atoms with E-state index in [1.165, 1.54) is 0 Å². The van der Waals surface area contributed by atoms with Crippen molar-refractivity contribution < 1.29 is 28.5 Å². The van der Waals surface area contributed by atoms with Gasteiger partial charge in [0.15, 0.2) is 11.5 Å². The summed E-state index contributed by atoms with van der Waals surface area (Å²) in [6, 6.07) is 5.68. The van der Waals surface area contributed by atoms with E-state index in [9.17, 15) is 9.59 Å². The lowest BCUT2D eigenvalue weighted by Crippen LogP contribution is -2.31. The van der Waals surface area contributed by atoms with Crippen molar-refractivity contribution >= 4 is 11.9 Å². The fourth-order valence-corrected chi connectivity index (χ4v) is 3.94. The molecule has 2 N–H and O–H groups in total. The second-order valence-corrected chi connectivity index (χ2v) is 7.95. The zero-order valence-corrected chi connectivity index (χ0v) is 18.1. The van der Waals surface area contributed by atoms with Gasteiger partial charge in [-0.3, -0.25) is 4.79 Å². The van der Waals surface area contributed by atoms with E-state index in [2.05, 4.69) is 10.3 Å². The second-order valence-electron chi connectivity index (χ2n) is 7.95.